The molecule has 1 amide bonds. The Morgan fingerprint density at radius 1 is 1.55 bits per heavy atom. The van der Waals surface area contributed by atoms with E-state index < -0.39 is 10.8 Å². The number of nitrogens with one attached hydrogen (secondary N) is 1. The lowest BCUT2D eigenvalue weighted by Crippen LogP contribution is -2.23. The SMILES string of the molecule is Cc1cnc(CNC(=O)c2cccc([N+](=O)[O-])c2Br)o1. The van der Waals surface area contributed by atoms with Crippen molar-refractivity contribution < 1.29 is 14.1 Å². The van der Waals surface area contributed by atoms with Crippen molar-refractivity contribution in [2.45, 2.75) is 13.5 Å². The average molecular weight is 340 g/mol. The molecule has 0 fully saturated rings. The highest BCUT2D eigenvalue weighted by molar-refractivity contribution is 9.10. The molecule has 104 valence electrons. The molecule has 7 nitrogen and oxygen atoms in total. The maximum Gasteiger partial charge on any atom is 0.284 e. The van der Waals surface area contributed by atoms with Crippen LogP contribution in [0.5, 0.6) is 0 Å². The van der Waals surface area contributed by atoms with Crippen molar-refractivity contribution in [2.24, 2.45) is 0 Å². The molecule has 0 bridgehead atoms. The van der Waals surface area contributed by atoms with E-state index in [4.69, 9.17) is 4.42 Å². The summed E-state index contributed by atoms with van der Waals surface area (Å²) in [5, 5.41) is 13.4. The number of aromatic nitrogens is 1. The first-order valence-electron chi connectivity index (χ1n) is 5.61. The molecule has 0 aliphatic heterocycles. The molecule has 8 heteroatoms. The predicted molar refractivity (Wildman–Crippen MR) is 73.2 cm³/mol. The molecule has 0 aliphatic carbocycles. The van der Waals surface area contributed by atoms with Gasteiger partial charge in [0, 0.05) is 6.07 Å². The minimum atomic E-state index is -0.557. The van der Waals surface area contributed by atoms with E-state index in [1.165, 1.54) is 18.2 Å². The highest BCUT2D eigenvalue weighted by Gasteiger charge is 2.19. The molecule has 2 aromatic rings. The van der Waals surface area contributed by atoms with Crippen LogP contribution in [0.3, 0.4) is 0 Å². The van der Waals surface area contributed by atoms with Crippen LogP contribution in [0, 0.1) is 17.0 Å². The normalized spacial score (nSPS) is 10.3. The second kappa shape index (κ2) is 5.83. The first kappa shape index (κ1) is 14.2. The first-order valence-corrected chi connectivity index (χ1v) is 6.40. The third-order valence-electron chi connectivity index (χ3n) is 2.49. The summed E-state index contributed by atoms with van der Waals surface area (Å²) in [4.78, 5) is 26.2. The standard InChI is InChI=1S/C12H10BrN3O4/c1-7-5-14-10(20-7)6-15-12(17)8-3-2-4-9(11(8)13)16(18)19/h2-5H,6H2,1H3,(H,15,17). The van der Waals surface area contributed by atoms with Gasteiger partial charge >= 0.3 is 0 Å². The Kier molecular flexibility index (Phi) is 4.14. The zero-order valence-corrected chi connectivity index (χ0v) is 12.0. The molecule has 0 saturated heterocycles. The number of nitro groups is 1. The fourth-order valence-electron chi connectivity index (χ4n) is 1.57. The van der Waals surface area contributed by atoms with E-state index >= 15 is 0 Å². The van der Waals surface area contributed by atoms with E-state index in [0.29, 0.717) is 11.7 Å². The molecule has 1 aromatic heterocycles. The van der Waals surface area contributed by atoms with Crippen LogP contribution in [0.4, 0.5) is 5.69 Å². The Labute approximate surface area is 122 Å². The van der Waals surface area contributed by atoms with Crippen LogP contribution in [-0.2, 0) is 6.54 Å². The molecular weight excluding hydrogens is 330 g/mol. The molecule has 0 aliphatic rings. The van der Waals surface area contributed by atoms with Crippen LogP contribution in [0.25, 0.3) is 0 Å². The van der Waals surface area contributed by atoms with Gasteiger partial charge in [-0.3, -0.25) is 14.9 Å². The van der Waals surface area contributed by atoms with Crippen molar-refractivity contribution in [1.82, 2.24) is 10.3 Å². The number of amides is 1. The Balaban J connectivity index is 2.13. The van der Waals surface area contributed by atoms with Gasteiger partial charge < -0.3 is 9.73 Å². The van der Waals surface area contributed by atoms with Crippen molar-refractivity contribution >= 4 is 27.5 Å². The molecule has 1 N–H and O–H groups in total. The minimum Gasteiger partial charge on any atom is -0.444 e. The molecule has 0 atom stereocenters. The summed E-state index contributed by atoms with van der Waals surface area (Å²) >= 11 is 3.07. The van der Waals surface area contributed by atoms with E-state index in [2.05, 4.69) is 26.2 Å². The number of aryl methyl sites for hydroxylation is 1. The molecule has 0 saturated carbocycles. The zero-order chi connectivity index (χ0) is 14.7. The second-order valence-corrected chi connectivity index (χ2v) is 4.74. The van der Waals surface area contributed by atoms with Gasteiger partial charge in [-0.05, 0) is 28.9 Å². The average Bonchev–Trinajstić information content (AvgIpc) is 2.81. The van der Waals surface area contributed by atoms with E-state index in [1.807, 2.05) is 0 Å². The third kappa shape index (κ3) is 3.02. The molecule has 1 heterocycles. The highest BCUT2D eigenvalue weighted by atomic mass is 79.9. The van der Waals surface area contributed by atoms with Crippen LogP contribution < -0.4 is 5.32 Å². The van der Waals surface area contributed by atoms with Gasteiger partial charge in [0.05, 0.1) is 23.2 Å². The Morgan fingerprint density at radius 3 is 2.90 bits per heavy atom. The Hall–Kier alpha value is -2.22. The lowest BCUT2D eigenvalue weighted by Gasteiger charge is -2.05. The number of oxazole rings is 1. The number of nitro benzene ring substituents is 1. The molecule has 2 rings (SSSR count). The fraction of sp³-hybridized carbons (Fsp3) is 0.167. The molecule has 0 spiro atoms. The van der Waals surface area contributed by atoms with Gasteiger partial charge in [0.25, 0.3) is 11.6 Å². The van der Waals surface area contributed by atoms with Gasteiger partial charge in [0.1, 0.15) is 10.2 Å². The van der Waals surface area contributed by atoms with Crippen LogP contribution in [-0.4, -0.2) is 15.8 Å². The number of hydrogen-bond donors (Lipinski definition) is 1. The maximum atomic E-state index is 12.0. The summed E-state index contributed by atoms with van der Waals surface area (Å²) in [6, 6.07) is 4.26. The van der Waals surface area contributed by atoms with Crippen LogP contribution >= 0.6 is 15.9 Å². The van der Waals surface area contributed by atoms with Crippen molar-refractivity contribution in [3.8, 4) is 0 Å². The lowest BCUT2D eigenvalue weighted by atomic mass is 10.2. The summed E-state index contributed by atoms with van der Waals surface area (Å²) < 4.78 is 5.36. The Bertz CT molecular complexity index is 668. The molecular formula is C12H10BrN3O4. The molecule has 0 radical (unpaired) electrons. The monoisotopic (exact) mass is 339 g/mol. The first-order chi connectivity index (χ1) is 9.49. The number of benzene rings is 1. The quantitative estimate of drug-likeness (QED) is 0.681. The summed E-state index contributed by atoms with van der Waals surface area (Å²) in [5.74, 6) is 0.569. The minimum absolute atomic E-state index is 0.113. The number of nitrogens with zero attached hydrogens (tertiary/aromatic N) is 2. The highest BCUT2D eigenvalue weighted by Crippen LogP contribution is 2.28. The molecule has 1 aromatic carbocycles. The summed E-state index contributed by atoms with van der Waals surface area (Å²) in [5.41, 5.74) is 0.0205. The van der Waals surface area contributed by atoms with Gasteiger partial charge in [-0.25, -0.2) is 4.98 Å². The molecule has 20 heavy (non-hydrogen) atoms. The van der Waals surface area contributed by atoms with Crippen molar-refractivity contribution in [2.75, 3.05) is 0 Å². The van der Waals surface area contributed by atoms with Crippen molar-refractivity contribution in [3.63, 3.8) is 0 Å². The van der Waals surface area contributed by atoms with E-state index in [1.54, 1.807) is 13.1 Å². The summed E-state index contributed by atoms with van der Waals surface area (Å²) in [6.45, 7) is 1.86. The zero-order valence-electron chi connectivity index (χ0n) is 10.4. The summed E-state index contributed by atoms with van der Waals surface area (Å²) in [6.07, 6.45) is 1.55. The van der Waals surface area contributed by atoms with Gasteiger partial charge in [0.15, 0.2) is 0 Å². The number of hydrogen-bond acceptors (Lipinski definition) is 5. The van der Waals surface area contributed by atoms with Crippen molar-refractivity contribution in [3.05, 3.63) is 56.2 Å². The topological polar surface area (TPSA) is 98.3 Å². The smallest absolute Gasteiger partial charge is 0.284 e. The predicted octanol–water partition coefficient (Wildman–Crippen LogP) is 2.58. The van der Waals surface area contributed by atoms with Gasteiger partial charge in [-0.15, -0.1) is 0 Å². The second-order valence-electron chi connectivity index (χ2n) is 3.94. The largest absolute Gasteiger partial charge is 0.444 e. The van der Waals surface area contributed by atoms with Crippen molar-refractivity contribution in [1.29, 1.82) is 0 Å². The third-order valence-corrected chi connectivity index (χ3v) is 3.32. The number of halogens is 1. The number of rotatable bonds is 4. The van der Waals surface area contributed by atoms with Gasteiger partial charge in [-0.2, -0.15) is 0 Å². The van der Waals surface area contributed by atoms with Crippen LogP contribution in [0.1, 0.15) is 22.0 Å². The van der Waals surface area contributed by atoms with E-state index in [9.17, 15) is 14.9 Å². The fourth-order valence-corrected chi connectivity index (χ4v) is 2.16. The summed E-state index contributed by atoms with van der Waals surface area (Å²) in [7, 11) is 0. The van der Waals surface area contributed by atoms with E-state index in [-0.39, 0.29) is 22.3 Å². The van der Waals surface area contributed by atoms with Crippen LogP contribution in [0.2, 0.25) is 0 Å². The maximum absolute atomic E-state index is 12.0. The van der Waals surface area contributed by atoms with Gasteiger partial charge in [-0.1, -0.05) is 6.07 Å². The van der Waals surface area contributed by atoms with E-state index in [0.717, 1.165) is 0 Å². The number of carbonyl (C=O) groups excluding carboxylic acids is 1. The van der Waals surface area contributed by atoms with Gasteiger partial charge in [0.2, 0.25) is 5.89 Å². The molecule has 0 unspecified atom stereocenters. The Morgan fingerprint density at radius 2 is 2.30 bits per heavy atom. The van der Waals surface area contributed by atoms with Crippen LogP contribution in [0.15, 0.2) is 33.3 Å². The number of carbonyl (C=O) groups is 1. The lowest BCUT2D eigenvalue weighted by molar-refractivity contribution is -0.385.